The van der Waals surface area contributed by atoms with Gasteiger partial charge in [0.2, 0.25) is 0 Å². The molecule has 14 heavy (non-hydrogen) atoms. The fourth-order valence-corrected chi connectivity index (χ4v) is 2.59. The lowest BCUT2D eigenvalue weighted by Crippen LogP contribution is -2.29. The molecule has 0 bridgehead atoms. The Labute approximate surface area is 88.2 Å². The zero-order chi connectivity index (χ0) is 10.4. The first-order chi connectivity index (χ1) is 6.79. The number of hydrogen-bond acceptors (Lipinski definition) is 1. The van der Waals surface area contributed by atoms with Crippen molar-refractivity contribution in [3.8, 4) is 0 Å². The zero-order valence-corrected chi connectivity index (χ0v) is 9.41. The first kappa shape index (κ1) is 11.8. The maximum Gasteiger partial charge on any atom is 0.0630 e. The van der Waals surface area contributed by atoms with Crippen LogP contribution in [0.4, 0.5) is 0 Å². The van der Waals surface area contributed by atoms with E-state index < -0.39 is 0 Å². The quantitative estimate of drug-likeness (QED) is 0.667. The first-order valence-electron chi connectivity index (χ1n) is 6.10. The van der Waals surface area contributed by atoms with Gasteiger partial charge in [-0.25, -0.2) is 0 Å². The van der Waals surface area contributed by atoms with E-state index in [0.717, 1.165) is 12.8 Å². The second kappa shape index (κ2) is 6.23. The monoisotopic (exact) mass is 196 g/mol. The van der Waals surface area contributed by atoms with Crippen molar-refractivity contribution >= 4 is 0 Å². The van der Waals surface area contributed by atoms with E-state index in [4.69, 9.17) is 0 Å². The highest BCUT2D eigenvalue weighted by Gasteiger charge is 2.26. The van der Waals surface area contributed by atoms with Crippen LogP contribution in [0.3, 0.4) is 0 Å². The van der Waals surface area contributed by atoms with Crippen LogP contribution in [-0.2, 0) is 0 Å². The Bertz CT molecular complexity index is 159. The van der Waals surface area contributed by atoms with Gasteiger partial charge in [0.15, 0.2) is 0 Å². The minimum Gasteiger partial charge on any atom is -0.392 e. The van der Waals surface area contributed by atoms with Crippen LogP contribution in [0.25, 0.3) is 0 Å². The fraction of sp³-hybridized carbons (Fsp3) is 0.846. The van der Waals surface area contributed by atoms with E-state index in [2.05, 4.69) is 13.5 Å². The molecule has 1 fully saturated rings. The zero-order valence-electron chi connectivity index (χ0n) is 9.41. The molecule has 1 heteroatoms. The van der Waals surface area contributed by atoms with Gasteiger partial charge >= 0.3 is 0 Å². The van der Waals surface area contributed by atoms with Gasteiger partial charge < -0.3 is 5.11 Å². The Balaban J connectivity index is 2.42. The molecule has 0 aromatic carbocycles. The van der Waals surface area contributed by atoms with Gasteiger partial charge in [-0.2, -0.15) is 0 Å². The van der Waals surface area contributed by atoms with Crippen LogP contribution in [0.2, 0.25) is 0 Å². The molecule has 1 saturated carbocycles. The first-order valence-corrected chi connectivity index (χ1v) is 6.10. The molecule has 0 aromatic rings. The number of hydrogen-bond donors (Lipinski definition) is 1. The Morgan fingerprint density at radius 1 is 1.36 bits per heavy atom. The molecule has 1 nitrogen and oxygen atoms in total. The van der Waals surface area contributed by atoms with Crippen molar-refractivity contribution in [1.82, 2.24) is 0 Å². The lowest BCUT2D eigenvalue weighted by molar-refractivity contribution is 0.0469. The van der Waals surface area contributed by atoms with Crippen LogP contribution < -0.4 is 0 Å². The summed E-state index contributed by atoms with van der Waals surface area (Å²) < 4.78 is 0. The Morgan fingerprint density at radius 2 is 2.00 bits per heavy atom. The lowest BCUT2D eigenvalue weighted by Gasteiger charge is -2.30. The van der Waals surface area contributed by atoms with Gasteiger partial charge in [0.05, 0.1) is 6.10 Å². The SMILES string of the molecule is C=CC(CCC)C(O)C1CCCCC1. The Hall–Kier alpha value is -0.300. The van der Waals surface area contributed by atoms with Crippen LogP contribution in [-0.4, -0.2) is 11.2 Å². The number of rotatable bonds is 5. The summed E-state index contributed by atoms with van der Waals surface area (Å²) in [5.41, 5.74) is 0. The molecular weight excluding hydrogens is 172 g/mol. The highest BCUT2D eigenvalue weighted by molar-refractivity contribution is 4.88. The van der Waals surface area contributed by atoms with Gasteiger partial charge in [-0.05, 0) is 25.2 Å². The largest absolute Gasteiger partial charge is 0.392 e. The molecule has 1 N–H and O–H groups in total. The highest BCUT2D eigenvalue weighted by atomic mass is 16.3. The van der Waals surface area contributed by atoms with Gasteiger partial charge in [0.25, 0.3) is 0 Å². The van der Waals surface area contributed by atoms with Crippen molar-refractivity contribution < 1.29 is 5.11 Å². The average molecular weight is 196 g/mol. The highest BCUT2D eigenvalue weighted by Crippen LogP contribution is 2.31. The molecule has 0 saturated heterocycles. The van der Waals surface area contributed by atoms with Crippen molar-refractivity contribution in [2.24, 2.45) is 11.8 Å². The summed E-state index contributed by atoms with van der Waals surface area (Å²) in [6, 6.07) is 0. The summed E-state index contributed by atoms with van der Waals surface area (Å²) in [4.78, 5) is 0. The molecule has 2 atom stereocenters. The van der Waals surface area contributed by atoms with E-state index >= 15 is 0 Å². The minimum absolute atomic E-state index is 0.132. The standard InChI is InChI=1S/C13H24O/c1-3-8-11(4-2)13(14)12-9-6-5-7-10-12/h4,11-14H,2-3,5-10H2,1H3. The van der Waals surface area contributed by atoms with Crippen LogP contribution in [0.1, 0.15) is 51.9 Å². The molecule has 0 amide bonds. The summed E-state index contributed by atoms with van der Waals surface area (Å²) in [7, 11) is 0. The van der Waals surface area contributed by atoms with Crippen molar-refractivity contribution in [3.63, 3.8) is 0 Å². The summed E-state index contributed by atoms with van der Waals surface area (Å²) in [6.07, 6.45) is 10.4. The summed E-state index contributed by atoms with van der Waals surface area (Å²) in [5, 5.41) is 10.2. The van der Waals surface area contributed by atoms with E-state index in [1.54, 1.807) is 0 Å². The second-order valence-electron chi connectivity index (χ2n) is 4.58. The van der Waals surface area contributed by atoms with E-state index in [1.807, 2.05) is 6.08 Å². The normalized spacial score (nSPS) is 23.0. The third-order valence-corrected chi connectivity index (χ3v) is 3.50. The Morgan fingerprint density at radius 3 is 2.50 bits per heavy atom. The van der Waals surface area contributed by atoms with Crippen LogP contribution in [0, 0.1) is 11.8 Å². The van der Waals surface area contributed by atoms with Crippen LogP contribution >= 0.6 is 0 Å². The minimum atomic E-state index is -0.132. The predicted octanol–water partition coefficient (Wildman–Crippen LogP) is 3.53. The average Bonchev–Trinajstić information content (AvgIpc) is 2.26. The van der Waals surface area contributed by atoms with Gasteiger partial charge in [-0.1, -0.05) is 38.7 Å². The lowest BCUT2D eigenvalue weighted by atomic mass is 9.79. The van der Waals surface area contributed by atoms with Gasteiger partial charge in [0.1, 0.15) is 0 Å². The summed E-state index contributed by atoms with van der Waals surface area (Å²) >= 11 is 0. The number of aliphatic hydroxyl groups is 1. The maximum absolute atomic E-state index is 10.2. The van der Waals surface area contributed by atoms with Gasteiger partial charge in [0, 0.05) is 5.92 Å². The molecule has 2 unspecified atom stereocenters. The van der Waals surface area contributed by atoms with Gasteiger partial charge in [-0.15, -0.1) is 6.58 Å². The van der Waals surface area contributed by atoms with Crippen LogP contribution in [0.15, 0.2) is 12.7 Å². The fourth-order valence-electron chi connectivity index (χ4n) is 2.59. The molecule has 0 radical (unpaired) electrons. The van der Waals surface area contributed by atoms with Crippen molar-refractivity contribution in [1.29, 1.82) is 0 Å². The summed E-state index contributed by atoms with van der Waals surface area (Å²) in [5.74, 6) is 0.862. The third kappa shape index (κ3) is 3.13. The molecule has 0 aromatic heterocycles. The third-order valence-electron chi connectivity index (χ3n) is 3.50. The van der Waals surface area contributed by atoms with Crippen molar-refractivity contribution in [2.45, 2.75) is 58.0 Å². The van der Waals surface area contributed by atoms with Crippen molar-refractivity contribution in [3.05, 3.63) is 12.7 Å². The van der Waals surface area contributed by atoms with E-state index in [1.165, 1.54) is 32.1 Å². The van der Waals surface area contributed by atoms with E-state index in [0.29, 0.717) is 11.8 Å². The molecule has 0 aliphatic heterocycles. The maximum atomic E-state index is 10.2. The molecule has 82 valence electrons. The summed E-state index contributed by atoms with van der Waals surface area (Å²) in [6.45, 7) is 6.01. The Kier molecular flexibility index (Phi) is 5.24. The van der Waals surface area contributed by atoms with E-state index in [-0.39, 0.29) is 6.10 Å². The molecule has 1 aliphatic rings. The number of aliphatic hydroxyl groups excluding tert-OH is 1. The topological polar surface area (TPSA) is 20.2 Å². The smallest absolute Gasteiger partial charge is 0.0630 e. The molecule has 0 heterocycles. The molecule has 1 aliphatic carbocycles. The van der Waals surface area contributed by atoms with Crippen LogP contribution in [0.5, 0.6) is 0 Å². The predicted molar refractivity (Wildman–Crippen MR) is 61.2 cm³/mol. The second-order valence-corrected chi connectivity index (χ2v) is 4.58. The van der Waals surface area contributed by atoms with Crippen molar-refractivity contribution in [2.75, 3.05) is 0 Å². The van der Waals surface area contributed by atoms with E-state index in [9.17, 15) is 5.11 Å². The molecule has 0 spiro atoms. The molecule has 1 rings (SSSR count). The molecular formula is C13H24O. The van der Waals surface area contributed by atoms with Gasteiger partial charge in [-0.3, -0.25) is 0 Å².